The molecule has 7 nitrogen and oxygen atoms in total. The van der Waals surface area contributed by atoms with Crippen LogP contribution >= 0.6 is 0 Å². The molecular formula is C22H28O7. The Bertz CT molecular complexity index is 808. The van der Waals surface area contributed by atoms with Crippen molar-refractivity contribution in [1.82, 2.24) is 0 Å². The van der Waals surface area contributed by atoms with Crippen molar-refractivity contribution < 1.29 is 33.3 Å². The smallest absolute Gasteiger partial charge is 0.334 e. The molecule has 1 unspecified atom stereocenters. The Balaban J connectivity index is 1.99. The molecule has 3 rings (SSSR count). The molecule has 0 N–H and O–H groups in total. The molecule has 0 bridgehead atoms. The fourth-order valence-electron chi connectivity index (χ4n) is 4.03. The maximum Gasteiger partial charge on any atom is 0.334 e. The zero-order chi connectivity index (χ0) is 21.5. The van der Waals surface area contributed by atoms with E-state index in [-0.39, 0.29) is 17.6 Å². The van der Waals surface area contributed by atoms with Crippen molar-refractivity contribution in [2.45, 2.75) is 77.5 Å². The Morgan fingerprint density at radius 1 is 1.31 bits per heavy atom. The first kappa shape index (κ1) is 21.3. The monoisotopic (exact) mass is 404 g/mol. The molecule has 2 saturated heterocycles. The van der Waals surface area contributed by atoms with Gasteiger partial charge in [-0.05, 0) is 39.3 Å². The lowest BCUT2D eigenvalue weighted by Gasteiger charge is -2.29. The number of allylic oxidation sites excluding steroid dienone is 1. The van der Waals surface area contributed by atoms with Gasteiger partial charge in [-0.1, -0.05) is 12.7 Å². The van der Waals surface area contributed by atoms with Crippen LogP contribution in [-0.2, 0) is 33.3 Å². The number of fused-ring (bicyclic) bond motifs is 2. The van der Waals surface area contributed by atoms with E-state index in [1.807, 2.05) is 13.8 Å². The Kier molecular flexibility index (Phi) is 5.72. The van der Waals surface area contributed by atoms with Gasteiger partial charge in [-0.15, -0.1) is 0 Å². The molecule has 6 atom stereocenters. The van der Waals surface area contributed by atoms with Crippen molar-refractivity contribution in [2.24, 2.45) is 5.92 Å². The molecule has 29 heavy (non-hydrogen) atoms. The summed E-state index contributed by atoms with van der Waals surface area (Å²) in [6.07, 6.45) is 2.40. The number of rotatable bonds is 3. The molecule has 2 heterocycles. The SMILES string of the molecule is C=C1C(=O)O[C@@H]2/C=C(\C)C(OC(C)=O)C[C@H]3O[C@]3(C)C[C@@H](OC(=O)/C(C)=C\C)[C@@H]12. The minimum Gasteiger partial charge on any atom is -0.458 e. The van der Waals surface area contributed by atoms with Crippen LogP contribution in [0.15, 0.2) is 35.5 Å². The van der Waals surface area contributed by atoms with Crippen molar-refractivity contribution in [1.29, 1.82) is 0 Å². The molecule has 3 aliphatic rings. The highest BCUT2D eigenvalue weighted by molar-refractivity contribution is 5.92. The summed E-state index contributed by atoms with van der Waals surface area (Å²) in [6, 6.07) is 0. The predicted molar refractivity (Wildman–Crippen MR) is 104 cm³/mol. The second kappa shape index (κ2) is 7.78. The van der Waals surface area contributed by atoms with Gasteiger partial charge in [0.25, 0.3) is 0 Å². The number of esters is 3. The topological polar surface area (TPSA) is 91.4 Å². The molecule has 0 aromatic heterocycles. The van der Waals surface area contributed by atoms with Gasteiger partial charge in [-0.3, -0.25) is 4.79 Å². The van der Waals surface area contributed by atoms with Crippen LogP contribution in [0.3, 0.4) is 0 Å². The largest absolute Gasteiger partial charge is 0.458 e. The Morgan fingerprint density at radius 2 is 2.00 bits per heavy atom. The van der Waals surface area contributed by atoms with Crippen LogP contribution in [-0.4, -0.2) is 47.9 Å². The van der Waals surface area contributed by atoms with E-state index in [0.29, 0.717) is 18.4 Å². The van der Waals surface area contributed by atoms with E-state index in [1.165, 1.54) is 6.92 Å². The first-order valence-corrected chi connectivity index (χ1v) is 9.82. The summed E-state index contributed by atoms with van der Waals surface area (Å²) >= 11 is 0. The Hall–Kier alpha value is -2.41. The van der Waals surface area contributed by atoms with Crippen molar-refractivity contribution >= 4 is 17.9 Å². The van der Waals surface area contributed by atoms with Crippen molar-refractivity contribution in [3.63, 3.8) is 0 Å². The Labute approximate surface area is 170 Å². The van der Waals surface area contributed by atoms with E-state index in [1.54, 1.807) is 26.0 Å². The van der Waals surface area contributed by atoms with E-state index in [4.69, 9.17) is 18.9 Å². The summed E-state index contributed by atoms with van der Waals surface area (Å²) < 4.78 is 22.7. The molecule has 1 aliphatic carbocycles. The average molecular weight is 404 g/mol. The Morgan fingerprint density at radius 3 is 2.62 bits per heavy atom. The van der Waals surface area contributed by atoms with Gasteiger partial charge >= 0.3 is 17.9 Å². The normalized spacial score (nSPS) is 38.7. The van der Waals surface area contributed by atoms with Gasteiger partial charge < -0.3 is 18.9 Å². The number of hydrogen-bond donors (Lipinski definition) is 0. The van der Waals surface area contributed by atoms with Crippen molar-refractivity contribution in [2.75, 3.05) is 0 Å². The fourth-order valence-corrected chi connectivity index (χ4v) is 4.03. The van der Waals surface area contributed by atoms with Crippen LogP contribution in [0.4, 0.5) is 0 Å². The molecule has 158 valence electrons. The molecule has 7 heteroatoms. The molecule has 0 aromatic rings. The van der Waals surface area contributed by atoms with Crippen molar-refractivity contribution in [3.8, 4) is 0 Å². The molecule has 0 spiro atoms. The van der Waals surface area contributed by atoms with Crippen LogP contribution in [0.1, 0.15) is 47.5 Å². The van der Waals surface area contributed by atoms with Crippen LogP contribution in [0.5, 0.6) is 0 Å². The van der Waals surface area contributed by atoms with Crippen LogP contribution < -0.4 is 0 Å². The maximum absolute atomic E-state index is 12.5. The van der Waals surface area contributed by atoms with Gasteiger partial charge in [-0.25, -0.2) is 9.59 Å². The second-order valence-corrected chi connectivity index (χ2v) is 8.20. The summed E-state index contributed by atoms with van der Waals surface area (Å²) in [5.74, 6) is -1.89. The highest BCUT2D eigenvalue weighted by Crippen LogP contribution is 2.48. The van der Waals surface area contributed by atoms with E-state index < -0.39 is 41.8 Å². The molecule has 2 fully saturated rings. The van der Waals surface area contributed by atoms with Gasteiger partial charge in [0.1, 0.15) is 18.3 Å². The minimum absolute atomic E-state index is 0.151. The lowest BCUT2D eigenvalue weighted by Crippen LogP contribution is -2.38. The van der Waals surface area contributed by atoms with Gasteiger partial charge in [-0.2, -0.15) is 0 Å². The maximum atomic E-state index is 12.5. The van der Waals surface area contributed by atoms with E-state index in [0.717, 1.165) is 5.57 Å². The molecule has 0 radical (unpaired) electrons. The zero-order valence-electron chi connectivity index (χ0n) is 17.5. The first-order chi connectivity index (χ1) is 13.6. The zero-order valence-corrected chi connectivity index (χ0v) is 17.5. The van der Waals surface area contributed by atoms with E-state index in [9.17, 15) is 14.4 Å². The molecule has 0 saturated carbocycles. The van der Waals surface area contributed by atoms with Gasteiger partial charge in [0, 0.05) is 30.9 Å². The first-order valence-electron chi connectivity index (χ1n) is 9.82. The van der Waals surface area contributed by atoms with Gasteiger partial charge in [0.05, 0.1) is 17.6 Å². The fraction of sp³-hybridized carbons (Fsp3) is 0.591. The van der Waals surface area contributed by atoms with Crippen LogP contribution in [0.25, 0.3) is 0 Å². The second-order valence-electron chi connectivity index (χ2n) is 8.20. The van der Waals surface area contributed by atoms with E-state index >= 15 is 0 Å². The average Bonchev–Trinajstić information content (AvgIpc) is 3.17. The van der Waals surface area contributed by atoms with Crippen LogP contribution in [0, 0.1) is 5.92 Å². The summed E-state index contributed by atoms with van der Waals surface area (Å²) in [5.41, 5.74) is 0.948. The number of hydrogen-bond acceptors (Lipinski definition) is 7. The quantitative estimate of drug-likeness (QED) is 0.235. The number of carbonyl (C=O) groups is 3. The third kappa shape index (κ3) is 4.29. The molecule has 0 amide bonds. The lowest BCUT2D eigenvalue weighted by molar-refractivity contribution is -0.149. The third-order valence-electron chi connectivity index (χ3n) is 5.99. The predicted octanol–water partition coefficient (Wildman–Crippen LogP) is 2.79. The van der Waals surface area contributed by atoms with Gasteiger partial charge in [0.15, 0.2) is 0 Å². The summed E-state index contributed by atoms with van der Waals surface area (Å²) in [5, 5.41) is 0. The minimum atomic E-state index is -0.657. The number of carbonyl (C=O) groups excluding carboxylic acids is 3. The molecular weight excluding hydrogens is 376 g/mol. The van der Waals surface area contributed by atoms with Gasteiger partial charge in [0.2, 0.25) is 0 Å². The lowest BCUT2D eigenvalue weighted by atomic mass is 9.82. The molecule has 0 aromatic carbocycles. The summed E-state index contributed by atoms with van der Waals surface area (Å²) in [7, 11) is 0. The number of ether oxygens (including phenoxy) is 4. The van der Waals surface area contributed by atoms with Crippen molar-refractivity contribution in [3.05, 3.63) is 35.5 Å². The summed E-state index contributed by atoms with van der Waals surface area (Å²) in [6.45, 7) is 12.4. The third-order valence-corrected chi connectivity index (χ3v) is 5.99. The highest BCUT2D eigenvalue weighted by atomic mass is 16.6. The number of epoxide rings is 1. The highest BCUT2D eigenvalue weighted by Gasteiger charge is 2.58. The standard InChI is InChI=1S/C22H28O7/c1-7-11(2)20(24)28-17-10-22(6)18(29-22)9-15(26-14(5)23)12(3)8-16-19(17)13(4)21(25)27-16/h7-8,15-19H,4,9-10H2,1-3,5-6H3/b11-7-,12-8+/t15?,16-,17-,18-,19+,22-/m1/s1. The summed E-state index contributed by atoms with van der Waals surface area (Å²) in [4.78, 5) is 36.3. The molecule has 2 aliphatic heterocycles. The van der Waals surface area contributed by atoms with E-state index in [2.05, 4.69) is 6.58 Å². The van der Waals surface area contributed by atoms with Crippen LogP contribution in [0.2, 0.25) is 0 Å².